The highest BCUT2D eigenvalue weighted by Gasteiger charge is 2.08. The molecule has 208 valence electrons. The number of anilines is 4. The number of rotatable bonds is 0. The second kappa shape index (κ2) is 14.4. The number of hydrogen-bond donors (Lipinski definition) is 4. The van der Waals surface area contributed by atoms with Crippen molar-refractivity contribution < 1.29 is 18.9 Å². The molecule has 40 heavy (non-hydrogen) atoms. The quantitative estimate of drug-likeness (QED) is 0.217. The number of ether oxygens (including phenoxy) is 4. The predicted molar refractivity (Wildman–Crippen MR) is 162 cm³/mol. The molecule has 1 aliphatic heterocycles. The van der Waals surface area contributed by atoms with Crippen LogP contribution in [0, 0.1) is 0 Å². The maximum absolute atomic E-state index is 6.06. The second-order valence-corrected chi connectivity index (χ2v) is 9.09. The Labute approximate surface area is 235 Å². The molecule has 0 bridgehead atoms. The minimum Gasteiger partial charge on any atom is -0.488 e. The van der Waals surface area contributed by atoms with Crippen molar-refractivity contribution in [1.82, 2.24) is 0 Å². The van der Waals surface area contributed by atoms with Crippen LogP contribution >= 0.6 is 0 Å². The van der Waals surface area contributed by atoms with Crippen molar-refractivity contribution in [2.75, 3.05) is 73.9 Å². The molecule has 0 aliphatic carbocycles. The standard InChI is InChI=1S/C32H36N4O4/c1-2-10-26-25(9-1)33-17-21-37-29-13-5-6-14-30(29)39-23-19-35-27-11-3-4-12-28(27)36-20-24-40-32-16-8-7-15-31(32)38-22-18-34-26/h1-16,33-36H,17-24H2. The number of benzene rings is 4. The Bertz CT molecular complexity index is 1040. The SMILES string of the molecule is c1ccc2c(c1)NCCOc1ccccc1OCCNc1ccccc1NCCOc1ccccc1OCCN2. The maximum atomic E-state index is 6.06. The van der Waals surface area contributed by atoms with E-state index in [1.807, 2.05) is 97.1 Å². The van der Waals surface area contributed by atoms with Crippen molar-refractivity contribution in [2.45, 2.75) is 0 Å². The zero-order valence-corrected chi connectivity index (χ0v) is 22.5. The number of fused-ring (bicyclic) bond motifs is 4. The molecule has 0 radical (unpaired) electrons. The van der Waals surface area contributed by atoms with Crippen LogP contribution < -0.4 is 40.2 Å². The Morgan fingerprint density at radius 3 is 0.800 bits per heavy atom. The van der Waals surface area contributed by atoms with Crippen LogP contribution in [0.25, 0.3) is 0 Å². The molecule has 4 aromatic rings. The lowest BCUT2D eigenvalue weighted by atomic mass is 10.2. The highest BCUT2D eigenvalue weighted by Crippen LogP contribution is 2.28. The fourth-order valence-electron chi connectivity index (χ4n) is 4.35. The van der Waals surface area contributed by atoms with Gasteiger partial charge in [0.15, 0.2) is 23.0 Å². The maximum Gasteiger partial charge on any atom is 0.161 e. The lowest BCUT2D eigenvalue weighted by Gasteiger charge is -2.17. The number of nitrogens with one attached hydrogen (secondary N) is 4. The third kappa shape index (κ3) is 7.66. The van der Waals surface area contributed by atoms with E-state index in [0.717, 1.165) is 45.7 Å². The number of para-hydroxylation sites is 8. The van der Waals surface area contributed by atoms with Crippen LogP contribution in [-0.4, -0.2) is 52.6 Å². The monoisotopic (exact) mass is 540 g/mol. The average molecular weight is 541 g/mol. The van der Waals surface area contributed by atoms with E-state index in [1.54, 1.807) is 0 Å². The van der Waals surface area contributed by atoms with E-state index in [9.17, 15) is 0 Å². The van der Waals surface area contributed by atoms with E-state index in [2.05, 4.69) is 21.3 Å². The van der Waals surface area contributed by atoms with Gasteiger partial charge in [-0.1, -0.05) is 48.5 Å². The minimum absolute atomic E-state index is 0.492. The number of hydrogen-bond acceptors (Lipinski definition) is 8. The lowest BCUT2D eigenvalue weighted by Crippen LogP contribution is -2.17. The largest absolute Gasteiger partial charge is 0.488 e. The third-order valence-corrected chi connectivity index (χ3v) is 6.25. The Morgan fingerprint density at radius 1 is 0.325 bits per heavy atom. The van der Waals surface area contributed by atoms with E-state index in [1.165, 1.54) is 0 Å². The van der Waals surface area contributed by atoms with Gasteiger partial charge in [-0.05, 0) is 48.5 Å². The van der Waals surface area contributed by atoms with Gasteiger partial charge in [0.1, 0.15) is 26.4 Å². The van der Waals surface area contributed by atoms with Gasteiger partial charge in [-0.3, -0.25) is 0 Å². The first-order valence-corrected chi connectivity index (χ1v) is 13.7. The molecule has 4 aromatic carbocycles. The van der Waals surface area contributed by atoms with Gasteiger partial charge in [-0.2, -0.15) is 0 Å². The molecule has 1 heterocycles. The summed E-state index contributed by atoms with van der Waals surface area (Å²) in [6.07, 6.45) is 0. The van der Waals surface area contributed by atoms with Gasteiger partial charge >= 0.3 is 0 Å². The molecule has 8 nitrogen and oxygen atoms in total. The molecule has 0 saturated carbocycles. The Balaban J connectivity index is 1.27. The predicted octanol–water partition coefficient (Wildman–Crippen LogP) is 5.96. The van der Waals surface area contributed by atoms with E-state index in [-0.39, 0.29) is 0 Å². The Morgan fingerprint density at radius 2 is 0.550 bits per heavy atom. The molecule has 0 aromatic heterocycles. The van der Waals surface area contributed by atoms with Crippen molar-refractivity contribution in [3.8, 4) is 23.0 Å². The van der Waals surface area contributed by atoms with Crippen molar-refractivity contribution in [3.63, 3.8) is 0 Å². The van der Waals surface area contributed by atoms with Gasteiger partial charge < -0.3 is 40.2 Å². The zero-order valence-electron chi connectivity index (χ0n) is 22.5. The van der Waals surface area contributed by atoms with E-state index < -0.39 is 0 Å². The van der Waals surface area contributed by atoms with Gasteiger partial charge in [-0.25, -0.2) is 0 Å². The Kier molecular flexibility index (Phi) is 9.70. The van der Waals surface area contributed by atoms with Gasteiger partial charge in [-0.15, -0.1) is 0 Å². The van der Waals surface area contributed by atoms with Crippen LogP contribution in [0.1, 0.15) is 0 Å². The lowest BCUT2D eigenvalue weighted by molar-refractivity contribution is 0.281. The van der Waals surface area contributed by atoms with Gasteiger partial charge in [0.2, 0.25) is 0 Å². The summed E-state index contributed by atoms with van der Waals surface area (Å²) in [5.41, 5.74) is 4.03. The second-order valence-electron chi connectivity index (χ2n) is 9.09. The summed E-state index contributed by atoms with van der Waals surface area (Å²) in [6, 6.07) is 31.8. The zero-order chi connectivity index (χ0) is 27.2. The molecular formula is C32H36N4O4. The molecule has 5 rings (SSSR count). The summed E-state index contributed by atoms with van der Waals surface area (Å²) < 4.78 is 24.2. The molecule has 8 heteroatoms. The van der Waals surface area contributed by atoms with Crippen molar-refractivity contribution in [2.24, 2.45) is 0 Å². The fourth-order valence-corrected chi connectivity index (χ4v) is 4.35. The van der Waals surface area contributed by atoms with Crippen LogP contribution in [-0.2, 0) is 0 Å². The molecule has 0 atom stereocenters. The molecule has 1 aliphatic rings. The van der Waals surface area contributed by atoms with Gasteiger partial charge in [0.05, 0.1) is 22.7 Å². The summed E-state index contributed by atoms with van der Waals surface area (Å²) in [5, 5.41) is 13.9. The molecule has 0 amide bonds. The van der Waals surface area contributed by atoms with Crippen molar-refractivity contribution in [1.29, 1.82) is 0 Å². The minimum atomic E-state index is 0.492. The van der Waals surface area contributed by atoms with E-state index >= 15 is 0 Å². The normalized spacial score (nSPS) is 14.8. The molecule has 0 unspecified atom stereocenters. The smallest absolute Gasteiger partial charge is 0.161 e. The van der Waals surface area contributed by atoms with Crippen molar-refractivity contribution >= 4 is 22.7 Å². The highest BCUT2D eigenvalue weighted by molar-refractivity contribution is 5.69. The molecular weight excluding hydrogens is 504 g/mol. The summed E-state index contributed by atoms with van der Waals surface area (Å²) in [5.74, 6) is 2.91. The van der Waals surface area contributed by atoms with Crippen LogP contribution in [0.5, 0.6) is 23.0 Å². The topological polar surface area (TPSA) is 85.0 Å². The average Bonchev–Trinajstić information content (AvgIpc) is 3.00. The first-order chi connectivity index (χ1) is 19.9. The van der Waals surface area contributed by atoms with E-state index in [4.69, 9.17) is 18.9 Å². The van der Waals surface area contributed by atoms with Crippen LogP contribution in [0.4, 0.5) is 22.7 Å². The summed E-state index contributed by atoms with van der Waals surface area (Å²) >= 11 is 0. The van der Waals surface area contributed by atoms with Crippen LogP contribution in [0.15, 0.2) is 97.1 Å². The van der Waals surface area contributed by atoms with E-state index in [0.29, 0.717) is 52.6 Å². The molecule has 4 N–H and O–H groups in total. The first-order valence-electron chi connectivity index (χ1n) is 13.7. The molecule has 0 saturated heterocycles. The summed E-state index contributed by atoms with van der Waals surface area (Å²) in [4.78, 5) is 0. The molecule has 0 spiro atoms. The fraction of sp³-hybridized carbons (Fsp3) is 0.250. The Hall–Kier alpha value is -4.72. The molecule has 0 fully saturated rings. The summed E-state index contributed by atoms with van der Waals surface area (Å²) in [6.45, 7) is 4.52. The highest BCUT2D eigenvalue weighted by atomic mass is 16.5. The summed E-state index contributed by atoms with van der Waals surface area (Å²) in [7, 11) is 0. The van der Waals surface area contributed by atoms with Crippen LogP contribution in [0.3, 0.4) is 0 Å². The van der Waals surface area contributed by atoms with Crippen LogP contribution in [0.2, 0.25) is 0 Å². The van der Waals surface area contributed by atoms with Crippen molar-refractivity contribution in [3.05, 3.63) is 97.1 Å². The van der Waals surface area contributed by atoms with Gasteiger partial charge in [0, 0.05) is 26.2 Å². The van der Waals surface area contributed by atoms with Gasteiger partial charge in [0.25, 0.3) is 0 Å². The first kappa shape index (κ1) is 26.9. The third-order valence-electron chi connectivity index (χ3n) is 6.25.